The van der Waals surface area contributed by atoms with E-state index in [-0.39, 0.29) is 5.92 Å². The van der Waals surface area contributed by atoms with Gasteiger partial charge in [0.2, 0.25) is 0 Å². The zero-order valence-corrected chi connectivity index (χ0v) is 11.1. The lowest BCUT2D eigenvalue weighted by Gasteiger charge is -2.20. The van der Waals surface area contributed by atoms with Gasteiger partial charge in [0, 0.05) is 30.0 Å². The van der Waals surface area contributed by atoms with Gasteiger partial charge in [0.05, 0.1) is 0 Å². The molecular weight excluding hydrogens is 236 g/mol. The van der Waals surface area contributed by atoms with E-state index in [4.69, 9.17) is 22.5 Å². The largest absolute Gasteiger partial charge is 0.309 e. The molecule has 1 rings (SSSR count). The molecule has 0 spiro atoms. The van der Waals surface area contributed by atoms with Crippen molar-refractivity contribution in [3.63, 3.8) is 0 Å². The minimum Gasteiger partial charge on any atom is -0.309 e. The zero-order valence-electron chi connectivity index (χ0n) is 10.3. The fourth-order valence-corrected chi connectivity index (χ4v) is 2.32. The average Bonchev–Trinajstić information content (AvgIpc) is 2.32. The minimum absolute atomic E-state index is 0.139. The van der Waals surface area contributed by atoms with E-state index < -0.39 is 5.50 Å². The van der Waals surface area contributed by atoms with Gasteiger partial charge in [-0.25, -0.2) is 5.53 Å². The molecule has 0 aromatic heterocycles. The molecule has 0 saturated carbocycles. The van der Waals surface area contributed by atoms with E-state index in [1.807, 2.05) is 20.1 Å². The first-order valence-electron chi connectivity index (χ1n) is 5.89. The van der Waals surface area contributed by atoms with Gasteiger partial charge < -0.3 is 5.41 Å². The number of aliphatic imine (C=N–C) groups is 1. The lowest BCUT2D eigenvalue weighted by molar-refractivity contribution is 0.595. The van der Waals surface area contributed by atoms with Crippen LogP contribution in [-0.2, 0) is 0 Å². The minimum atomic E-state index is -0.611. The molecule has 0 aromatic rings. The number of nitrogens with zero attached hydrogens (tertiary/aromatic N) is 2. The highest BCUT2D eigenvalue weighted by molar-refractivity contribution is 6.22. The second-order valence-corrected chi connectivity index (χ2v) is 4.70. The molecule has 0 aliphatic carbocycles. The number of alkyl halides is 1. The molecule has 94 valence electrons. The van der Waals surface area contributed by atoms with Crippen molar-refractivity contribution in [1.29, 1.82) is 10.9 Å². The lowest BCUT2D eigenvalue weighted by atomic mass is 9.91. The van der Waals surface area contributed by atoms with Gasteiger partial charge in [-0.3, -0.25) is 4.99 Å². The van der Waals surface area contributed by atoms with Crippen molar-refractivity contribution in [3.8, 4) is 0 Å². The molecule has 2 unspecified atom stereocenters. The molecular formula is C12H19ClN4. The van der Waals surface area contributed by atoms with Crippen LogP contribution in [0.1, 0.15) is 39.5 Å². The van der Waals surface area contributed by atoms with Crippen molar-refractivity contribution >= 4 is 23.5 Å². The normalized spacial score (nSPS) is 19.0. The lowest BCUT2D eigenvalue weighted by Crippen LogP contribution is -2.22. The molecule has 4 nitrogen and oxygen atoms in total. The Morgan fingerprint density at radius 2 is 2.35 bits per heavy atom. The number of nitrogens with one attached hydrogen (secondary N) is 2. The van der Waals surface area contributed by atoms with Gasteiger partial charge >= 0.3 is 0 Å². The maximum Gasteiger partial charge on any atom is 0.152 e. The molecule has 2 N–H and O–H groups in total. The number of halogens is 1. The summed E-state index contributed by atoms with van der Waals surface area (Å²) in [7, 11) is 0. The summed E-state index contributed by atoms with van der Waals surface area (Å²) >= 11 is 5.94. The number of rotatable bonds is 6. The van der Waals surface area contributed by atoms with Crippen LogP contribution in [0.15, 0.2) is 21.4 Å². The van der Waals surface area contributed by atoms with Crippen LogP contribution >= 0.6 is 11.6 Å². The Labute approximate surface area is 107 Å². The van der Waals surface area contributed by atoms with Crippen molar-refractivity contribution in [2.45, 2.75) is 45.0 Å². The quantitative estimate of drug-likeness (QED) is 0.309. The summed E-state index contributed by atoms with van der Waals surface area (Å²) in [6.45, 7) is 3.95. The summed E-state index contributed by atoms with van der Waals surface area (Å²) in [6.07, 6.45) is 5.19. The highest BCUT2D eigenvalue weighted by atomic mass is 35.5. The van der Waals surface area contributed by atoms with Crippen LogP contribution in [0.5, 0.6) is 0 Å². The molecule has 2 atom stereocenters. The third kappa shape index (κ3) is 3.73. The molecule has 0 aromatic carbocycles. The van der Waals surface area contributed by atoms with Crippen molar-refractivity contribution in [2.75, 3.05) is 0 Å². The molecule has 1 heterocycles. The molecule has 5 heteroatoms. The Balaban J connectivity index is 2.70. The third-order valence-electron chi connectivity index (χ3n) is 3.12. The summed E-state index contributed by atoms with van der Waals surface area (Å²) in [5, 5.41) is 11.4. The van der Waals surface area contributed by atoms with Crippen LogP contribution < -0.4 is 0 Å². The van der Waals surface area contributed by atoms with Crippen LogP contribution in [0.4, 0.5) is 0 Å². The van der Waals surface area contributed by atoms with Crippen LogP contribution in [0.3, 0.4) is 0 Å². The first-order valence-corrected chi connectivity index (χ1v) is 6.32. The molecule has 17 heavy (non-hydrogen) atoms. The van der Waals surface area contributed by atoms with Gasteiger partial charge in [0.25, 0.3) is 0 Å². The fraction of sp³-hybridized carbons (Fsp3) is 0.667. The maximum atomic E-state index is 8.09. The molecule has 0 fully saturated rings. The fourth-order valence-electron chi connectivity index (χ4n) is 1.99. The predicted molar refractivity (Wildman–Crippen MR) is 71.3 cm³/mol. The van der Waals surface area contributed by atoms with E-state index in [1.165, 1.54) is 5.57 Å². The smallest absolute Gasteiger partial charge is 0.152 e. The number of allylic oxidation sites excluding steroid dienone is 2. The highest BCUT2D eigenvalue weighted by Crippen LogP contribution is 2.25. The Morgan fingerprint density at radius 3 is 2.88 bits per heavy atom. The Hall–Kier alpha value is -1.03. The second-order valence-electron chi connectivity index (χ2n) is 4.26. The van der Waals surface area contributed by atoms with E-state index in [0.29, 0.717) is 12.1 Å². The van der Waals surface area contributed by atoms with Gasteiger partial charge in [-0.05, 0) is 31.8 Å². The second kappa shape index (κ2) is 6.64. The number of hydrogen-bond donors (Lipinski definition) is 2. The van der Waals surface area contributed by atoms with Crippen LogP contribution in [0.2, 0.25) is 0 Å². The summed E-state index contributed by atoms with van der Waals surface area (Å²) in [5.41, 5.74) is 9.14. The van der Waals surface area contributed by atoms with Gasteiger partial charge in [-0.15, -0.1) is 0 Å². The first-order chi connectivity index (χ1) is 8.10. The average molecular weight is 255 g/mol. The molecule has 0 saturated heterocycles. The first kappa shape index (κ1) is 14.0. The van der Waals surface area contributed by atoms with Crippen LogP contribution in [-0.4, -0.2) is 17.4 Å². The summed E-state index contributed by atoms with van der Waals surface area (Å²) in [5.74, 6) is -0.139. The van der Waals surface area contributed by atoms with Crippen molar-refractivity contribution in [1.82, 2.24) is 0 Å². The number of hydrogen-bond acceptors (Lipinski definition) is 4. The summed E-state index contributed by atoms with van der Waals surface area (Å²) in [4.78, 5) is 4.28. The Kier molecular flexibility index (Phi) is 5.48. The van der Waals surface area contributed by atoms with E-state index in [1.54, 1.807) is 0 Å². The van der Waals surface area contributed by atoms with E-state index in [9.17, 15) is 0 Å². The molecule has 0 bridgehead atoms. The Morgan fingerprint density at radius 1 is 1.65 bits per heavy atom. The van der Waals surface area contributed by atoms with Gasteiger partial charge in [0.1, 0.15) is 0 Å². The highest BCUT2D eigenvalue weighted by Gasteiger charge is 2.23. The monoisotopic (exact) mass is 254 g/mol. The molecule has 1 aliphatic rings. The van der Waals surface area contributed by atoms with E-state index >= 15 is 0 Å². The third-order valence-corrected chi connectivity index (χ3v) is 3.52. The van der Waals surface area contributed by atoms with E-state index in [0.717, 1.165) is 25.0 Å². The summed E-state index contributed by atoms with van der Waals surface area (Å²) in [6, 6.07) is 0. The van der Waals surface area contributed by atoms with Crippen LogP contribution in [0.25, 0.3) is 0 Å². The molecule has 0 amide bonds. The van der Waals surface area contributed by atoms with Crippen LogP contribution in [0, 0.1) is 16.9 Å². The van der Waals surface area contributed by atoms with Crippen molar-refractivity contribution in [3.05, 3.63) is 11.3 Å². The van der Waals surface area contributed by atoms with Gasteiger partial charge in [0.15, 0.2) is 5.50 Å². The van der Waals surface area contributed by atoms with Crippen molar-refractivity contribution in [2.24, 2.45) is 16.0 Å². The molecule has 1 aliphatic heterocycles. The predicted octanol–water partition coefficient (Wildman–Crippen LogP) is 4.16. The maximum absolute atomic E-state index is 8.09. The SMILES string of the molecule is CCC(C(=N)CC1=C(C)N=CCC1)C(Cl)N=N. The van der Waals surface area contributed by atoms with E-state index in [2.05, 4.69) is 10.1 Å². The Bertz CT molecular complexity index is 360. The summed E-state index contributed by atoms with van der Waals surface area (Å²) < 4.78 is 0. The van der Waals surface area contributed by atoms with Gasteiger partial charge in [-0.2, -0.15) is 5.11 Å². The zero-order chi connectivity index (χ0) is 12.8. The topological polar surface area (TPSA) is 72.4 Å². The standard InChI is InChI=1S/C12H19ClN4/c1-3-10(12(13)17-15)11(14)7-9-5-4-6-16-8(9)2/h6,10,12,14-15H,3-5,7H2,1-2H3. The van der Waals surface area contributed by atoms with Gasteiger partial charge in [-0.1, -0.05) is 18.5 Å². The van der Waals surface area contributed by atoms with Crippen molar-refractivity contribution < 1.29 is 0 Å². The molecule has 0 radical (unpaired) electrons.